The quantitative estimate of drug-likeness (QED) is 0.375. The molecule has 2 unspecified atom stereocenters. The largest absolute Gasteiger partial charge is 0.388 e. The van der Waals surface area contributed by atoms with E-state index in [9.17, 15) is 0 Å². The highest BCUT2D eigenvalue weighted by Crippen LogP contribution is 2.18. The van der Waals surface area contributed by atoms with Gasteiger partial charge in [-0.05, 0) is 6.92 Å². The maximum atomic E-state index is 8.90. The Labute approximate surface area is 52.7 Å². The second kappa shape index (κ2) is 2.22. The third-order valence-corrected chi connectivity index (χ3v) is 1.48. The van der Waals surface area contributed by atoms with Crippen molar-refractivity contribution in [1.29, 1.82) is 0 Å². The Morgan fingerprint density at radius 3 is 1.78 bits per heavy atom. The molecule has 1 rings (SSSR count). The van der Waals surface area contributed by atoms with Crippen molar-refractivity contribution in [3.8, 4) is 0 Å². The maximum absolute atomic E-state index is 8.90. The van der Waals surface area contributed by atoms with Crippen molar-refractivity contribution in [3.05, 3.63) is 0 Å². The van der Waals surface area contributed by atoms with Crippen molar-refractivity contribution in [3.63, 3.8) is 0 Å². The molecule has 1 saturated heterocycles. The van der Waals surface area contributed by atoms with E-state index in [1.807, 2.05) is 0 Å². The van der Waals surface area contributed by atoms with Crippen molar-refractivity contribution >= 4 is 0 Å². The summed E-state index contributed by atoms with van der Waals surface area (Å²) in [5, 5.41) is 26.4. The molecule has 0 aliphatic carbocycles. The molecule has 1 aliphatic rings. The Kier molecular flexibility index (Phi) is 1.72. The summed E-state index contributed by atoms with van der Waals surface area (Å²) < 4.78 is 4.64. The molecule has 4 atom stereocenters. The standard InChI is InChI=1S/C5H10O4/c1-2-3(6)4(7)5(8)9-2/h2-8H,1H3/t2?,3-,4?,5+/m0/s1. The first-order valence-electron chi connectivity index (χ1n) is 2.82. The topological polar surface area (TPSA) is 69.9 Å². The first-order valence-corrected chi connectivity index (χ1v) is 2.82. The molecule has 0 radical (unpaired) electrons. The average molecular weight is 134 g/mol. The van der Waals surface area contributed by atoms with Crippen LogP contribution in [0.25, 0.3) is 0 Å². The van der Waals surface area contributed by atoms with Crippen LogP contribution in [-0.4, -0.2) is 39.9 Å². The second-order valence-corrected chi connectivity index (χ2v) is 2.21. The fourth-order valence-electron chi connectivity index (χ4n) is 0.827. The van der Waals surface area contributed by atoms with E-state index in [0.717, 1.165) is 0 Å². The normalized spacial score (nSPS) is 52.0. The number of aliphatic hydroxyl groups is 3. The predicted molar refractivity (Wildman–Crippen MR) is 28.6 cm³/mol. The summed E-state index contributed by atoms with van der Waals surface area (Å²) in [7, 11) is 0. The summed E-state index contributed by atoms with van der Waals surface area (Å²) in [6.07, 6.45) is -3.81. The van der Waals surface area contributed by atoms with Crippen LogP contribution in [0.15, 0.2) is 0 Å². The van der Waals surface area contributed by atoms with E-state index in [2.05, 4.69) is 4.74 Å². The van der Waals surface area contributed by atoms with Crippen LogP contribution in [0.2, 0.25) is 0 Å². The fraction of sp³-hybridized carbons (Fsp3) is 1.00. The van der Waals surface area contributed by atoms with Crippen LogP contribution in [0.5, 0.6) is 0 Å². The summed E-state index contributed by atoms with van der Waals surface area (Å²) in [6.45, 7) is 1.59. The van der Waals surface area contributed by atoms with Gasteiger partial charge < -0.3 is 20.1 Å². The van der Waals surface area contributed by atoms with Crippen molar-refractivity contribution in [2.24, 2.45) is 0 Å². The predicted octanol–water partition coefficient (Wildman–Crippen LogP) is -1.55. The zero-order valence-corrected chi connectivity index (χ0v) is 5.06. The van der Waals surface area contributed by atoms with E-state index in [1.54, 1.807) is 6.92 Å². The number of hydrogen-bond acceptors (Lipinski definition) is 4. The lowest BCUT2D eigenvalue weighted by Crippen LogP contribution is -2.31. The van der Waals surface area contributed by atoms with Gasteiger partial charge in [0.05, 0.1) is 6.10 Å². The van der Waals surface area contributed by atoms with Crippen LogP contribution in [0.4, 0.5) is 0 Å². The molecule has 4 nitrogen and oxygen atoms in total. The highest BCUT2D eigenvalue weighted by molar-refractivity contribution is 4.82. The Morgan fingerprint density at radius 2 is 1.67 bits per heavy atom. The Bertz CT molecular complexity index is 93.1. The van der Waals surface area contributed by atoms with E-state index < -0.39 is 24.6 Å². The Hall–Kier alpha value is -0.160. The average Bonchev–Trinajstić information content (AvgIpc) is 1.98. The molecule has 0 saturated carbocycles. The van der Waals surface area contributed by atoms with Gasteiger partial charge in [0.25, 0.3) is 0 Å². The molecular formula is C5H10O4. The first kappa shape index (κ1) is 6.95. The first-order chi connectivity index (χ1) is 4.13. The van der Waals surface area contributed by atoms with Crippen LogP contribution >= 0.6 is 0 Å². The molecular weight excluding hydrogens is 124 g/mol. The van der Waals surface area contributed by atoms with Gasteiger partial charge in [0.15, 0.2) is 6.29 Å². The van der Waals surface area contributed by atoms with Crippen LogP contribution in [0.1, 0.15) is 6.92 Å². The SMILES string of the molecule is CC1O[C@@H](O)C(O)[C@H]1O. The number of aliphatic hydroxyl groups excluding tert-OH is 3. The number of rotatable bonds is 0. The molecule has 0 spiro atoms. The lowest BCUT2D eigenvalue weighted by Gasteiger charge is -2.07. The molecule has 9 heavy (non-hydrogen) atoms. The minimum absolute atomic E-state index is 0.477. The summed E-state index contributed by atoms with van der Waals surface area (Å²) in [5.74, 6) is 0. The molecule has 0 aromatic heterocycles. The van der Waals surface area contributed by atoms with E-state index in [0.29, 0.717) is 0 Å². The van der Waals surface area contributed by atoms with Gasteiger partial charge in [0.1, 0.15) is 12.2 Å². The van der Waals surface area contributed by atoms with Crippen molar-refractivity contribution in [2.45, 2.75) is 31.5 Å². The molecule has 0 bridgehead atoms. The van der Waals surface area contributed by atoms with Crippen molar-refractivity contribution in [1.82, 2.24) is 0 Å². The summed E-state index contributed by atoms with van der Waals surface area (Å²) in [5.41, 5.74) is 0. The molecule has 1 fully saturated rings. The van der Waals surface area contributed by atoms with Gasteiger partial charge in [0, 0.05) is 0 Å². The Morgan fingerprint density at radius 1 is 1.11 bits per heavy atom. The van der Waals surface area contributed by atoms with E-state index in [4.69, 9.17) is 15.3 Å². The lowest BCUT2D eigenvalue weighted by atomic mass is 10.2. The molecule has 54 valence electrons. The lowest BCUT2D eigenvalue weighted by molar-refractivity contribution is -0.124. The minimum atomic E-state index is -1.23. The van der Waals surface area contributed by atoms with Crippen LogP contribution in [-0.2, 0) is 4.74 Å². The monoisotopic (exact) mass is 134 g/mol. The molecule has 0 aromatic rings. The summed E-state index contributed by atoms with van der Waals surface area (Å²) in [4.78, 5) is 0. The zero-order chi connectivity index (χ0) is 7.02. The van der Waals surface area contributed by atoms with Gasteiger partial charge in [-0.2, -0.15) is 0 Å². The fourth-order valence-corrected chi connectivity index (χ4v) is 0.827. The van der Waals surface area contributed by atoms with E-state index in [1.165, 1.54) is 0 Å². The van der Waals surface area contributed by atoms with Gasteiger partial charge in [-0.25, -0.2) is 0 Å². The second-order valence-electron chi connectivity index (χ2n) is 2.21. The smallest absolute Gasteiger partial charge is 0.183 e. The highest BCUT2D eigenvalue weighted by Gasteiger charge is 2.38. The maximum Gasteiger partial charge on any atom is 0.183 e. The van der Waals surface area contributed by atoms with Crippen molar-refractivity contribution in [2.75, 3.05) is 0 Å². The molecule has 1 aliphatic heterocycles. The van der Waals surface area contributed by atoms with Crippen LogP contribution < -0.4 is 0 Å². The van der Waals surface area contributed by atoms with E-state index in [-0.39, 0.29) is 0 Å². The van der Waals surface area contributed by atoms with Crippen molar-refractivity contribution < 1.29 is 20.1 Å². The summed E-state index contributed by atoms with van der Waals surface area (Å²) >= 11 is 0. The minimum Gasteiger partial charge on any atom is -0.388 e. The van der Waals surface area contributed by atoms with Crippen LogP contribution in [0, 0.1) is 0 Å². The van der Waals surface area contributed by atoms with Gasteiger partial charge in [-0.3, -0.25) is 0 Å². The van der Waals surface area contributed by atoms with Gasteiger partial charge in [0.2, 0.25) is 0 Å². The molecule has 4 heteroatoms. The van der Waals surface area contributed by atoms with Crippen LogP contribution in [0.3, 0.4) is 0 Å². The van der Waals surface area contributed by atoms with Gasteiger partial charge in [-0.1, -0.05) is 0 Å². The zero-order valence-electron chi connectivity index (χ0n) is 5.06. The molecule has 0 amide bonds. The highest BCUT2D eigenvalue weighted by atomic mass is 16.6. The molecule has 1 heterocycles. The van der Waals surface area contributed by atoms with Gasteiger partial charge >= 0.3 is 0 Å². The third kappa shape index (κ3) is 1.07. The number of ether oxygens (including phenoxy) is 1. The molecule has 3 N–H and O–H groups in total. The Balaban J connectivity index is 2.54. The third-order valence-electron chi connectivity index (χ3n) is 1.48. The molecule has 0 aromatic carbocycles. The summed E-state index contributed by atoms with van der Waals surface area (Å²) in [6, 6.07) is 0. The van der Waals surface area contributed by atoms with Gasteiger partial charge in [-0.15, -0.1) is 0 Å². The van der Waals surface area contributed by atoms with E-state index >= 15 is 0 Å². The number of hydrogen-bond donors (Lipinski definition) is 3.